The van der Waals surface area contributed by atoms with Gasteiger partial charge in [-0.3, -0.25) is 14.4 Å². The number of rotatable bonds is 6. The van der Waals surface area contributed by atoms with Crippen molar-refractivity contribution in [2.45, 2.75) is 43.7 Å². The van der Waals surface area contributed by atoms with Gasteiger partial charge in [-0.25, -0.2) is 8.78 Å². The van der Waals surface area contributed by atoms with Crippen LogP contribution in [-0.4, -0.2) is 65.8 Å². The number of nitriles is 1. The number of alkyl halides is 2. The summed E-state index contributed by atoms with van der Waals surface area (Å²) in [4.78, 5) is 42.2. The Labute approximate surface area is 194 Å². The maximum atomic E-state index is 14.3. The van der Waals surface area contributed by atoms with E-state index in [0.717, 1.165) is 4.90 Å². The molecular formula is C23H25F2N5O4. The molecule has 2 aliphatic rings. The third-order valence-corrected chi connectivity index (χ3v) is 6.38. The fourth-order valence-electron chi connectivity index (χ4n) is 4.55. The molecule has 0 bridgehead atoms. The van der Waals surface area contributed by atoms with Crippen LogP contribution in [-0.2, 0) is 9.59 Å². The Morgan fingerprint density at radius 2 is 2.21 bits per heavy atom. The van der Waals surface area contributed by atoms with Crippen molar-refractivity contribution in [3.05, 3.63) is 30.0 Å². The second-order valence-electron chi connectivity index (χ2n) is 8.63. The number of benzene rings is 1. The van der Waals surface area contributed by atoms with Crippen LogP contribution in [0.2, 0.25) is 0 Å². The predicted molar refractivity (Wildman–Crippen MR) is 117 cm³/mol. The number of methoxy groups -OCH3 is 1. The number of amides is 3. The largest absolute Gasteiger partial charge is 0.496 e. The molecule has 0 radical (unpaired) electrons. The Bertz CT molecular complexity index is 1160. The Morgan fingerprint density at radius 1 is 1.41 bits per heavy atom. The van der Waals surface area contributed by atoms with Crippen LogP contribution < -0.4 is 15.4 Å². The van der Waals surface area contributed by atoms with Gasteiger partial charge in [0.25, 0.3) is 11.8 Å². The molecule has 3 atom stereocenters. The minimum Gasteiger partial charge on any atom is -0.496 e. The van der Waals surface area contributed by atoms with Crippen LogP contribution >= 0.6 is 0 Å². The van der Waals surface area contributed by atoms with Crippen LogP contribution in [0, 0.1) is 17.2 Å². The molecule has 2 aliphatic heterocycles. The highest BCUT2D eigenvalue weighted by molar-refractivity contribution is 6.01. The van der Waals surface area contributed by atoms with Crippen molar-refractivity contribution in [2.24, 2.45) is 5.92 Å². The van der Waals surface area contributed by atoms with Gasteiger partial charge in [-0.15, -0.1) is 0 Å². The fourth-order valence-corrected chi connectivity index (χ4v) is 4.55. The van der Waals surface area contributed by atoms with Crippen molar-refractivity contribution < 1.29 is 27.9 Å². The van der Waals surface area contributed by atoms with Gasteiger partial charge in [-0.05, 0) is 31.0 Å². The summed E-state index contributed by atoms with van der Waals surface area (Å²) in [7, 11) is 1.50. The predicted octanol–water partition coefficient (Wildman–Crippen LogP) is 1.95. The number of piperidine rings is 1. The number of carbonyl (C=O) groups is 3. The molecule has 180 valence electrons. The lowest BCUT2D eigenvalue weighted by molar-refractivity contribution is -0.135. The summed E-state index contributed by atoms with van der Waals surface area (Å²) >= 11 is 0. The van der Waals surface area contributed by atoms with Crippen LogP contribution in [0.3, 0.4) is 0 Å². The summed E-state index contributed by atoms with van der Waals surface area (Å²) in [5.41, 5.74) is 0.771. The topological polar surface area (TPSA) is 127 Å². The zero-order valence-electron chi connectivity index (χ0n) is 18.6. The fraction of sp³-hybridized carbons (Fsp3) is 0.478. The van der Waals surface area contributed by atoms with Crippen molar-refractivity contribution in [3.63, 3.8) is 0 Å². The maximum Gasteiger partial charge on any atom is 0.270 e. The molecule has 4 rings (SSSR count). The summed E-state index contributed by atoms with van der Waals surface area (Å²) in [6.45, 7) is 0.167. The van der Waals surface area contributed by atoms with Crippen LogP contribution in [0.15, 0.2) is 24.3 Å². The molecule has 0 saturated carbocycles. The Kier molecular flexibility index (Phi) is 6.41. The molecule has 0 spiro atoms. The average Bonchev–Trinajstić information content (AvgIpc) is 3.43. The summed E-state index contributed by atoms with van der Waals surface area (Å²) < 4.78 is 33.8. The van der Waals surface area contributed by atoms with Crippen molar-refractivity contribution >= 4 is 28.6 Å². The van der Waals surface area contributed by atoms with Gasteiger partial charge in [0.05, 0.1) is 13.2 Å². The highest BCUT2D eigenvalue weighted by atomic mass is 19.3. The zero-order chi connectivity index (χ0) is 24.5. The van der Waals surface area contributed by atoms with Crippen LogP contribution in [0.25, 0.3) is 10.9 Å². The van der Waals surface area contributed by atoms with E-state index in [9.17, 15) is 28.4 Å². The van der Waals surface area contributed by atoms with Crippen molar-refractivity contribution in [1.82, 2.24) is 20.5 Å². The van der Waals surface area contributed by atoms with Gasteiger partial charge in [0.15, 0.2) is 0 Å². The summed E-state index contributed by atoms with van der Waals surface area (Å²) in [6.07, 6.45) is -0.817. The van der Waals surface area contributed by atoms with E-state index in [2.05, 4.69) is 15.6 Å². The number of halogens is 2. The molecular weight excluding hydrogens is 448 g/mol. The average molecular weight is 473 g/mol. The van der Waals surface area contributed by atoms with Crippen LogP contribution in [0.4, 0.5) is 8.78 Å². The van der Waals surface area contributed by atoms with Gasteiger partial charge < -0.3 is 25.3 Å². The van der Waals surface area contributed by atoms with E-state index in [-0.39, 0.29) is 24.6 Å². The van der Waals surface area contributed by atoms with Gasteiger partial charge in [-0.1, -0.05) is 6.07 Å². The van der Waals surface area contributed by atoms with Crippen molar-refractivity contribution in [3.8, 4) is 11.8 Å². The minimum absolute atomic E-state index is 0.0763. The first-order valence-corrected chi connectivity index (χ1v) is 11.0. The second kappa shape index (κ2) is 9.29. The summed E-state index contributed by atoms with van der Waals surface area (Å²) in [6, 6.07) is 6.22. The Hall–Kier alpha value is -3.68. The monoisotopic (exact) mass is 473 g/mol. The molecule has 2 aromatic rings. The molecule has 3 N–H and O–H groups in total. The highest BCUT2D eigenvalue weighted by Crippen LogP contribution is 2.34. The molecule has 2 saturated heterocycles. The first-order valence-electron chi connectivity index (χ1n) is 11.0. The van der Waals surface area contributed by atoms with E-state index < -0.39 is 48.6 Å². The number of aromatic nitrogens is 1. The number of nitrogens with zero attached hydrogens (tertiary/aromatic N) is 2. The lowest BCUT2D eigenvalue weighted by Crippen LogP contribution is -2.57. The number of hydrogen-bond acceptors (Lipinski definition) is 5. The zero-order valence-corrected chi connectivity index (χ0v) is 18.6. The number of aromatic amines is 1. The van der Waals surface area contributed by atoms with Crippen LogP contribution in [0.5, 0.6) is 5.75 Å². The van der Waals surface area contributed by atoms with E-state index in [4.69, 9.17) is 4.74 Å². The van der Waals surface area contributed by atoms with Gasteiger partial charge in [0.1, 0.15) is 23.5 Å². The smallest absolute Gasteiger partial charge is 0.270 e. The molecule has 34 heavy (non-hydrogen) atoms. The lowest BCUT2D eigenvalue weighted by Gasteiger charge is -2.38. The molecule has 0 aliphatic carbocycles. The number of ether oxygens (including phenoxy) is 1. The van der Waals surface area contributed by atoms with E-state index in [1.807, 2.05) is 6.07 Å². The number of nitrogens with one attached hydrogen (secondary N) is 3. The third-order valence-electron chi connectivity index (χ3n) is 6.38. The summed E-state index contributed by atoms with van der Waals surface area (Å²) in [5, 5.41) is 15.2. The SMILES string of the molecule is COc1cccc2[nH]c(C(=O)N3CCC(F)(F)C[C@H]3C(=O)N[C@H](C#N)C[C@@H]3CCNC3=O)cc12. The van der Waals surface area contributed by atoms with Gasteiger partial charge in [-0.2, -0.15) is 5.26 Å². The van der Waals surface area contributed by atoms with Gasteiger partial charge in [0.2, 0.25) is 11.8 Å². The number of carbonyl (C=O) groups excluding carboxylic acids is 3. The molecule has 1 aromatic heterocycles. The van der Waals surface area contributed by atoms with E-state index in [1.54, 1.807) is 24.3 Å². The maximum absolute atomic E-state index is 14.3. The van der Waals surface area contributed by atoms with Gasteiger partial charge in [0, 0.05) is 42.8 Å². The lowest BCUT2D eigenvalue weighted by atomic mass is 9.95. The number of likely N-dealkylation sites (tertiary alicyclic amines) is 1. The minimum atomic E-state index is -3.13. The van der Waals surface area contributed by atoms with E-state index in [1.165, 1.54) is 7.11 Å². The first-order chi connectivity index (χ1) is 16.2. The third kappa shape index (κ3) is 4.66. The summed E-state index contributed by atoms with van der Waals surface area (Å²) in [5.74, 6) is -4.67. The first kappa shape index (κ1) is 23.5. The van der Waals surface area contributed by atoms with Crippen molar-refractivity contribution in [1.29, 1.82) is 5.26 Å². The quantitative estimate of drug-likeness (QED) is 0.591. The standard InChI is InChI=1S/C23H25F2N5O4/c1-34-19-4-2-3-16-15(19)10-17(29-16)22(33)30-8-6-23(24,25)11-18(30)21(32)28-14(12-26)9-13-5-7-27-20(13)31/h2-4,10,13-14,18,29H,5-9,11H2,1H3,(H,27,31)(H,28,32)/t13-,14-,18-/m0/s1. The molecule has 0 unspecified atom stereocenters. The molecule has 11 heteroatoms. The van der Waals surface area contributed by atoms with Crippen molar-refractivity contribution in [2.75, 3.05) is 20.2 Å². The van der Waals surface area contributed by atoms with Crippen LogP contribution in [0.1, 0.15) is 36.2 Å². The van der Waals surface area contributed by atoms with E-state index >= 15 is 0 Å². The number of fused-ring (bicyclic) bond motifs is 1. The molecule has 9 nitrogen and oxygen atoms in total. The van der Waals surface area contributed by atoms with Gasteiger partial charge >= 0.3 is 0 Å². The highest BCUT2D eigenvalue weighted by Gasteiger charge is 2.46. The number of hydrogen-bond donors (Lipinski definition) is 3. The Morgan fingerprint density at radius 3 is 2.88 bits per heavy atom. The Balaban J connectivity index is 1.55. The molecule has 3 amide bonds. The van der Waals surface area contributed by atoms with E-state index in [0.29, 0.717) is 29.6 Å². The second-order valence-corrected chi connectivity index (χ2v) is 8.63. The normalized spacial score (nSPS) is 22.6. The molecule has 2 fully saturated rings. The molecule has 3 heterocycles. The molecule has 1 aromatic carbocycles. The number of H-pyrrole nitrogens is 1.